The highest BCUT2D eigenvalue weighted by Crippen LogP contribution is 2.33. The van der Waals surface area contributed by atoms with E-state index in [1.165, 1.54) is 30.7 Å². The van der Waals surface area contributed by atoms with Gasteiger partial charge in [0.1, 0.15) is 11.5 Å². The van der Waals surface area contributed by atoms with E-state index in [1.807, 2.05) is 30.3 Å². The van der Waals surface area contributed by atoms with Gasteiger partial charge >= 0.3 is 5.97 Å². The molecule has 3 aromatic carbocycles. The van der Waals surface area contributed by atoms with Crippen LogP contribution in [0.2, 0.25) is 0 Å². The van der Waals surface area contributed by atoms with Crippen molar-refractivity contribution in [3.63, 3.8) is 0 Å². The highest BCUT2D eigenvalue weighted by Gasteiger charge is 2.20. The van der Waals surface area contributed by atoms with Crippen molar-refractivity contribution in [2.24, 2.45) is 5.10 Å². The molecule has 2 heterocycles. The quantitative estimate of drug-likeness (QED) is 0.116. The molecule has 0 radical (unpaired) electrons. The minimum absolute atomic E-state index is 0.0652. The maximum Gasteiger partial charge on any atom is 0.379 e. The molecule has 2 N–H and O–H groups in total. The van der Waals surface area contributed by atoms with Crippen LogP contribution in [0.4, 0.5) is 4.39 Å². The van der Waals surface area contributed by atoms with E-state index in [2.05, 4.69) is 15.5 Å². The molecule has 190 valence electrons. The minimum Gasteiger partial charge on any atom is -0.490 e. The normalized spacial score (nSPS) is 11.1. The fraction of sp³-hybridized carbons (Fsp3) is 0.0690. The molecule has 0 bridgehead atoms. The molecule has 5 aromatic rings. The molecule has 38 heavy (non-hydrogen) atoms. The van der Waals surface area contributed by atoms with Crippen LogP contribution in [0.3, 0.4) is 0 Å². The summed E-state index contributed by atoms with van der Waals surface area (Å²) >= 11 is 0. The van der Waals surface area contributed by atoms with Gasteiger partial charge in [0.05, 0.1) is 19.1 Å². The maximum absolute atomic E-state index is 14.0. The van der Waals surface area contributed by atoms with Crippen LogP contribution in [0, 0.1) is 5.82 Å². The fourth-order valence-corrected chi connectivity index (χ4v) is 3.96. The third kappa shape index (κ3) is 5.17. The summed E-state index contributed by atoms with van der Waals surface area (Å²) in [5.41, 5.74) is 5.33. The van der Waals surface area contributed by atoms with Gasteiger partial charge in [-0.1, -0.05) is 30.3 Å². The lowest BCUT2D eigenvalue weighted by Crippen LogP contribution is -2.18. The minimum atomic E-state index is -0.655. The van der Waals surface area contributed by atoms with Gasteiger partial charge < -0.3 is 18.9 Å². The third-order valence-corrected chi connectivity index (χ3v) is 5.62. The van der Waals surface area contributed by atoms with Gasteiger partial charge in [0.25, 0.3) is 5.91 Å². The number of esters is 1. The molecular weight excluding hydrogens is 489 g/mol. The van der Waals surface area contributed by atoms with Crippen molar-refractivity contribution in [2.45, 2.75) is 6.92 Å². The van der Waals surface area contributed by atoms with Crippen molar-refractivity contribution in [3.8, 4) is 22.6 Å². The van der Waals surface area contributed by atoms with Crippen LogP contribution in [-0.4, -0.2) is 29.7 Å². The lowest BCUT2D eigenvalue weighted by molar-refractivity contribution is 0.0695. The van der Waals surface area contributed by atoms with Gasteiger partial charge in [0.2, 0.25) is 5.76 Å². The molecule has 0 aliphatic heterocycles. The molecule has 0 aliphatic carbocycles. The number of nitrogens with one attached hydrogen (secondary N) is 2. The highest BCUT2D eigenvalue weighted by atomic mass is 19.1. The number of amides is 1. The Morgan fingerprint density at radius 3 is 2.63 bits per heavy atom. The lowest BCUT2D eigenvalue weighted by Gasteiger charge is -2.10. The summed E-state index contributed by atoms with van der Waals surface area (Å²) in [6, 6.07) is 21.5. The maximum atomic E-state index is 14.0. The standard InChI is InChI=1S/C29H22FN3O5/c1-2-36-25-15-18(10-13-23(25)38-29(35)24-9-6-14-37-24)17-31-33-28(34)27-26(19-7-4-3-5-8-19)21-16-20(30)11-12-22(21)32-27/h3-17,32H,2H2,1H3,(H,33,34). The molecule has 5 rings (SSSR count). The topological polar surface area (TPSA) is 106 Å². The van der Waals surface area contributed by atoms with Crippen molar-refractivity contribution in [1.29, 1.82) is 0 Å². The van der Waals surface area contributed by atoms with Gasteiger partial charge in [-0.25, -0.2) is 14.6 Å². The van der Waals surface area contributed by atoms with Gasteiger partial charge in [0.15, 0.2) is 11.5 Å². The van der Waals surface area contributed by atoms with Crippen LogP contribution in [0.5, 0.6) is 11.5 Å². The van der Waals surface area contributed by atoms with Crippen LogP contribution < -0.4 is 14.9 Å². The first-order valence-corrected chi connectivity index (χ1v) is 11.8. The lowest BCUT2D eigenvalue weighted by atomic mass is 10.0. The van der Waals surface area contributed by atoms with E-state index in [4.69, 9.17) is 13.9 Å². The van der Waals surface area contributed by atoms with Crippen molar-refractivity contribution >= 4 is 29.0 Å². The predicted octanol–water partition coefficient (Wildman–Crippen LogP) is 5.95. The second-order valence-electron chi connectivity index (χ2n) is 8.14. The number of hydrazone groups is 1. The molecule has 0 saturated heterocycles. The average Bonchev–Trinajstić information content (AvgIpc) is 3.59. The van der Waals surface area contributed by atoms with Crippen molar-refractivity contribution in [2.75, 3.05) is 6.61 Å². The number of carbonyl (C=O) groups is 2. The zero-order chi connectivity index (χ0) is 26.5. The molecule has 0 saturated carbocycles. The summed E-state index contributed by atoms with van der Waals surface area (Å²) in [7, 11) is 0. The summed E-state index contributed by atoms with van der Waals surface area (Å²) in [5.74, 6) is -0.945. The number of aromatic nitrogens is 1. The Hall–Kier alpha value is -5.18. The molecule has 2 aromatic heterocycles. The van der Waals surface area contributed by atoms with Gasteiger partial charge in [-0.2, -0.15) is 5.10 Å². The number of hydrogen-bond donors (Lipinski definition) is 2. The van der Waals surface area contributed by atoms with E-state index in [0.29, 0.717) is 34.4 Å². The second-order valence-corrected chi connectivity index (χ2v) is 8.14. The molecule has 1 amide bonds. The summed E-state index contributed by atoms with van der Waals surface area (Å²) in [6.45, 7) is 2.14. The number of fused-ring (bicyclic) bond motifs is 1. The molecule has 0 atom stereocenters. The van der Waals surface area contributed by atoms with Crippen LogP contribution >= 0.6 is 0 Å². The van der Waals surface area contributed by atoms with E-state index < -0.39 is 17.7 Å². The molecule has 0 aliphatic rings. The largest absolute Gasteiger partial charge is 0.490 e. The number of hydrogen-bond acceptors (Lipinski definition) is 6. The van der Waals surface area contributed by atoms with Crippen molar-refractivity contribution in [3.05, 3.63) is 108 Å². The number of benzene rings is 3. The second kappa shape index (κ2) is 10.8. The van der Waals surface area contributed by atoms with Gasteiger partial charge in [0, 0.05) is 16.5 Å². The number of nitrogens with zero attached hydrogens (tertiary/aromatic N) is 1. The number of ether oxygens (including phenoxy) is 2. The number of aromatic amines is 1. The fourth-order valence-electron chi connectivity index (χ4n) is 3.96. The molecule has 9 heteroatoms. The van der Waals surface area contributed by atoms with Gasteiger partial charge in [-0.05, 0) is 66.6 Å². The number of halogens is 1. The van der Waals surface area contributed by atoms with E-state index in [0.717, 1.165) is 5.56 Å². The van der Waals surface area contributed by atoms with Crippen LogP contribution in [0.15, 0.2) is 94.6 Å². The van der Waals surface area contributed by atoms with Crippen LogP contribution in [0.1, 0.15) is 33.5 Å². The number of carbonyl (C=O) groups excluding carboxylic acids is 2. The monoisotopic (exact) mass is 511 g/mol. The van der Waals surface area contributed by atoms with E-state index in [9.17, 15) is 14.0 Å². The Morgan fingerprint density at radius 2 is 1.87 bits per heavy atom. The number of rotatable bonds is 8. The first-order chi connectivity index (χ1) is 18.5. The smallest absolute Gasteiger partial charge is 0.379 e. The average molecular weight is 512 g/mol. The molecule has 0 unspecified atom stereocenters. The van der Waals surface area contributed by atoms with Gasteiger partial charge in [-0.3, -0.25) is 4.79 Å². The Kier molecular flexibility index (Phi) is 6.99. The third-order valence-electron chi connectivity index (χ3n) is 5.62. The van der Waals surface area contributed by atoms with E-state index >= 15 is 0 Å². The highest BCUT2D eigenvalue weighted by molar-refractivity contribution is 6.09. The Bertz CT molecular complexity index is 1630. The summed E-state index contributed by atoms with van der Waals surface area (Å²) in [5, 5.41) is 4.67. The van der Waals surface area contributed by atoms with Gasteiger partial charge in [-0.15, -0.1) is 0 Å². The predicted molar refractivity (Wildman–Crippen MR) is 140 cm³/mol. The van der Waals surface area contributed by atoms with Crippen LogP contribution in [-0.2, 0) is 0 Å². The molecular formula is C29H22FN3O5. The Balaban J connectivity index is 1.37. The first kappa shape index (κ1) is 24.5. The zero-order valence-electron chi connectivity index (χ0n) is 20.2. The summed E-state index contributed by atoms with van der Waals surface area (Å²) in [4.78, 5) is 28.4. The van der Waals surface area contributed by atoms with E-state index in [1.54, 1.807) is 37.3 Å². The Morgan fingerprint density at radius 1 is 1.03 bits per heavy atom. The molecule has 0 spiro atoms. The van der Waals surface area contributed by atoms with Crippen LogP contribution in [0.25, 0.3) is 22.0 Å². The Labute approximate surface area is 216 Å². The molecule has 8 nitrogen and oxygen atoms in total. The zero-order valence-corrected chi connectivity index (χ0v) is 20.2. The van der Waals surface area contributed by atoms with Crippen molar-refractivity contribution in [1.82, 2.24) is 10.4 Å². The number of furan rings is 1. The first-order valence-electron chi connectivity index (χ1n) is 11.8. The van der Waals surface area contributed by atoms with Crippen molar-refractivity contribution < 1.29 is 27.9 Å². The SMILES string of the molecule is CCOc1cc(C=NNC(=O)c2[nH]c3ccc(F)cc3c2-c2ccccc2)ccc1OC(=O)c1ccco1. The number of H-pyrrole nitrogens is 1. The summed E-state index contributed by atoms with van der Waals surface area (Å²) < 4.78 is 30.1. The summed E-state index contributed by atoms with van der Waals surface area (Å²) in [6.07, 6.45) is 2.81. The molecule has 0 fully saturated rings. The van der Waals surface area contributed by atoms with E-state index in [-0.39, 0.29) is 17.2 Å².